The quantitative estimate of drug-likeness (QED) is 0.781. The molecular formula is C24H30N4O2. The molecular weight excluding hydrogens is 376 g/mol. The van der Waals surface area contributed by atoms with Crippen molar-refractivity contribution in [3.8, 4) is 0 Å². The van der Waals surface area contributed by atoms with Crippen molar-refractivity contribution < 1.29 is 9.53 Å². The van der Waals surface area contributed by atoms with E-state index in [9.17, 15) is 4.79 Å². The molecule has 4 saturated carbocycles. The number of likely N-dealkylation sites (N-methyl/N-ethyl adjacent to an activating group) is 1. The van der Waals surface area contributed by atoms with E-state index < -0.39 is 0 Å². The fourth-order valence-corrected chi connectivity index (χ4v) is 7.55. The van der Waals surface area contributed by atoms with Crippen LogP contribution < -0.4 is 0 Å². The van der Waals surface area contributed by atoms with Gasteiger partial charge < -0.3 is 9.64 Å². The molecule has 7 rings (SSSR count). The van der Waals surface area contributed by atoms with Crippen molar-refractivity contribution in [2.24, 2.45) is 17.3 Å². The maximum absolute atomic E-state index is 13.9. The van der Waals surface area contributed by atoms with Crippen LogP contribution in [0.1, 0.15) is 55.8 Å². The van der Waals surface area contributed by atoms with E-state index >= 15 is 0 Å². The number of ether oxygens (including phenoxy) is 1. The Bertz CT molecular complexity index is 942. The van der Waals surface area contributed by atoms with Crippen LogP contribution in [0.5, 0.6) is 0 Å². The van der Waals surface area contributed by atoms with Crippen LogP contribution in [0.4, 0.5) is 0 Å². The van der Waals surface area contributed by atoms with Crippen molar-refractivity contribution in [2.45, 2.75) is 56.6 Å². The van der Waals surface area contributed by atoms with Gasteiger partial charge in [0.15, 0.2) is 0 Å². The Kier molecular flexibility index (Phi) is 4.11. The zero-order valence-corrected chi connectivity index (χ0v) is 17.7. The van der Waals surface area contributed by atoms with Gasteiger partial charge in [0.25, 0.3) is 0 Å². The third-order valence-corrected chi connectivity index (χ3v) is 8.27. The van der Waals surface area contributed by atoms with Crippen LogP contribution in [0.25, 0.3) is 0 Å². The summed E-state index contributed by atoms with van der Waals surface area (Å²) in [7, 11) is 1.98. The van der Waals surface area contributed by atoms with Gasteiger partial charge in [-0.05, 0) is 67.9 Å². The number of amides is 1. The second-order valence-corrected chi connectivity index (χ2v) is 10.3. The molecule has 1 aromatic carbocycles. The van der Waals surface area contributed by atoms with Crippen molar-refractivity contribution >= 4 is 5.91 Å². The van der Waals surface area contributed by atoms with Crippen LogP contribution in [0.3, 0.4) is 0 Å². The molecule has 3 atom stereocenters. The molecule has 6 nitrogen and oxygen atoms in total. The summed E-state index contributed by atoms with van der Waals surface area (Å²) in [4.78, 5) is 20.1. The highest BCUT2D eigenvalue weighted by Crippen LogP contribution is 2.64. The molecule has 2 heterocycles. The van der Waals surface area contributed by atoms with Gasteiger partial charge in [-0.2, -0.15) is 5.10 Å². The maximum atomic E-state index is 13.9. The Balaban J connectivity index is 1.26. The van der Waals surface area contributed by atoms with Crippen molar-refractivity contribution in [3.05, 3.63) is 48.0 Å². The minimum absolute atomic E-state index is 0.0228. The van der Waals surface area contributed by atoms with Crippen LogP contribution in [-0.2, 0) is 21.5 Å². The van der Waals surface area contributed by atoms with E-state index in [0.717, 1.165) is 45.1 Å². The molecule has 4 aliphatic carbocycles. The maximum Gasteiger partial charge on any atom is 0.228 e. The Morgan fingerprint density at radius 1 is 1.23 bits per heavy atom. The molecule has 3 unspecified atom stereocenters. The van der Waals surface area contributed by atoms with Gasteiger partial charge in [-0.1, -0.05) is 24.3 Å². The van der Waals surface area contributed by atoms with Gasteiger partial charge in [0, 0.05) is 7.05 Å². The number of hydrogen-bond acceptors (Lipinski definition) is 4. The molecule has 1 amide bonds. The summed E-state index contributed by atoms with van der Waals surface area (Å²) in [5.74, 6) is 1.56. The van der Waals surface area contributed by atoms with E-state index in [1.54, 1.807) is 6.33 Å². The highest BCUT2D eigenvalue weighted by atomic mass is 16.5. The zero-order chi connectivity index (χ0) is 20.3. The number of hydrogen-bond donors (Lipinski definition) is 0. The minimum Gasteiger partial charge on any atom is -0.371 e. The summed E-state index contributed by atoms with van der Waals surface area (Å²) in [5, 5.41) is 4.52. The van der Waals surface area contributed by atoms with E-state index in [2.05, 4.69) is 39.0 Å². The Hall–Kier alpha value is -2.21. The molecule has 0 spiro atoms. The lowest BCUT2D eigenvalue weighted by molar-refractivity contribution is -0.167. The Morgan fingerprint density at radius 3 is 2.80 bits per heavy atom. The van der Waals surface area contributed by atoms with Crippen molar-refractivity contribution in [3.63, 3.8) is 0 Å². The molecule has 4 fully saturated rings. The second kappa shape index (κ2) is 6.64. The Morgan fingerprint density at radius 2 is 2.03 bits per heavy atom. The molecule has 30 heavy (non-hydrogen) atoms. The van der Waals surface area contributed by atoms with Crippen LogP contribution in [-0.4, -0.2) is 45.8 Å². The molecule has 1 aromatic heterocycles. The molecule has 4 bridgehead atoms. The molecule has 158 valence electrons. The zero-order valence-electron chi connectivity index (χ0n) is 17.7. The summed E-state index contributed by atoms with van der Waals surface area (Å²) < 4.78 is 8.18. The highest BCUT2D eigenvalue weighted by Gasteiger charge is 2.62. The van der Waals surface area contributed by atoms with Crippen LogP contribution in [0.2, 0.25) is 0 Å². The molecule has 0 N–H and O–H groups in total. The van der Waals surface area contributed by atoms with E-state index in [0.29, 0.717) is 24.3 Å². The van der Waals surface area contributed by atoms with Gasteiger partial charge in [-0.3, -0.25) is 4.79 Å². The van der Waals surface area contributed by atoms with E-state index in [-0.39, 0.29) is 17.1 Å². The molecule has 0 radical (unpaired) electrons. The number of rotatable bonds is 4. The first-order valence-corrected chi connectivity index (χ1v) is 11.4. The first-order chi connectivity index (χ1) is 14.6. The number of nitrogens with zero attached hydrogens (tertiary/aromatic N) is 4. The first-order valence-electron chi connectivity index (χ1n) is 11.4. The summed E-state index contributed by atoms with van der Waals surface area (Å²) in [6.45, 7) is 1.36. The van der Waals surface area contributed by atoms with Crippen LogP contribution in [0, 0.1) is 17.3 Å². The lowest BCUT2D eigenvalue weighted by Gasteiger charge is -2.61. The number of benzene rings is 1. The minimum atomic E-state index is -0.251. The molecule has 2 aromatic rings. The average molecular weight is 407 g/mol. The molecule has 0 saturated heterocycles. The standard InChI is InChI=1S/C24H30N4O2/c1-27(13-21-20-5-3-2-4-19(20)6-7-30-21)22(29)23-9-17-8-18(10-23)12-24(11-17,14-23)28-16-25-15-26-28/h2-5,15-18,21H,6-14H2,1H3. The topological polar surface area (TPSA) is 60.2 Å². The smallest absolute Gasteiger partial charge is 0.228 e. The van der Waals surface area contributed by atoms with Crippen molar-refractivity contribution in [2.75, 3.05) is 20.2 Å². The Labute approximate surface area is 177 Å². The fourth-order valence-electron chi connectivity index (χ4n) is 7.55. The first kappa shape index (κ1) is 18.6. The summed E-state index contributed by atoms with van der Waals surface area (Å²) in [6.07, 6.45) is 11.0. The fraction of sp³-hybridized carbons (Fsp3) is 0.625. The average Bonchev–Trinajstić information content (AvgIpc) is 3.28. The molecule has 6 heteroatoms. The summed E-state index contributed by atoms with van der Waals surface area (Å²) in [5.41, 5.74) is 2.33. The number of fused-ring (bicyclic) bond motifs is 1. The van der Waals surface area contributed by atoms with Gasteiger partial charge in [0.2, 0.25) is 5.91 Å². The monoisotopic (exact) mass is 406 g/mol. The van der Waals surface area contributed by atoms with E-state index in [1.165, 1.54) is 17.5 Å². The van der Waals surface area contributed by atoms with Gasteiger partial charge in [0.1, 0.15) is 18.8 Å². The predicted octanol–water partition coefficient (Wildman–Crippen LogP) is 3.35. The number of carbonyl (C=O) groups is 1. The SMILES string of the molecule is CN(CC1OCCc2ccccc21)C(=O)C12CC3CC(C1)CC(n1cncn1)(C3)C2. The van der Waals surface area contributed by atoms with Gasteiger partial charge in [0.05, 0.1) is 24.1 Å². The van der Waals surface area contributed by atoms with Crippen molar-refractivity contribution in [1.29, 1.82) is 0 Å². The van der Waals surface area contributed by atoms with Crippen molar-refractivity contribution in [1.82, 2.24) is 19.7 Å². The summed E-state index contributed by atoms with van der Waals surface area (Å²) in [6, 6.07) is 8.51. The largest absolute Gasteiger partial charge is 0.371 e. The van der Waals surface area contributed by atoms with E-state index in [1.807, 2.05) is 18.3 Å². The highest BCUT2D eigenvalue weighted by molar-refractivity contribution is 5.83. The number of aromatic nitrogens is 3. The lowest BCUT2D eigenvalue weighted by atomic mass is 9.46. The third kappa shape index (κ3) is 2.76. The van der Waals surface area contributed by atoms with E-state index in [4.69, 9.17) is 4.74 Å². The van der Waals surface area contributed by atoms with Crippen LogP contribution >= 0.6 is 0 Å². The lowest BCUT2D eigenvalue weighted by Crippen LogP contribution is -2.61. The molecule has 5 aliphatic rings. The molecule has 1 aliphatic heterocycles. The van der Waals surface area contributed by atoms with Gasteiger partial charge >= 0.3 is 0 Å². The summed E-state index contributed by atoms with van der Waals surface area (Å²) >= 11 is 0. The van der Waals surface area contributed by atoms with Gasteiger partial charge in [-0.15, -0.1) is 0 Å². The predicted molar refractivity (Wildman–Crippen MR) is 112 cm³/mol. The number of carbonyl (C=O) groups excluding carboxylic acids is 1. The normalized spacial score (nSPS) is 36.5. The second-order valence-electron chi connectivity index (χ2n) is 10.3. The van der Waals surface area contributed by atoms with Gasteiger partial charge in [-0.25, -0.2) is 9.67 Å². The van der Waals surface area contributed by atoms with Crippen LogP contribution in [0.15, 0.2) is 36.9 Å². The third-order valence-electron chi connectivity index (χ3n) is 8.27.